The van der Waals surface area contributed by atoms with Gasteiger partial charge in [-0.1, -0.05) is 30.3 Å². The largest absolute Gasteiger partial charge is 0.508 e. The lowest BCUT2D eigenvalue weighted by atomic mass is 10.1. The lowest BCUT2D eigenvalue weighted by molar-refractivity contribution is -0.122. The van der Waals surface area contributed by atoms with E-state index in [1.54, 1.807) is 30.5 Å². The Balaban J connectivity index is 1.53. The fourth-order valence-corrected chi connectivity index (χ4v) is 2.37. The molecule has 1 aliphatic carbocycles. The average molecular weight is 280 g/mol. The molecular formula is C17H16N2O2. The highest BCUT2D eigenvalue weighted by molar-refractivity contribution is 5.85. The molecule has 106 valence electrons. The van der Waals surface area contributed by atoms with E-state index in [1.165, 1.54) is 5.56 Å². The quantitative estimate of drug-likeness (QED) is 0.668. The molecule has 1 fully saturated rings. The first-order valence-electron chi connectivity index (χ1n) is 6.91. The van der Waals surface area contributed by atoms with E-state index < -0.39 is 0 Å². The molecule has 0 spiro atoms. The first kappa shape index (κ1) is 13.4. The minimum Gasteiger partial charge on any atom is -0.508 e. The zero-order valence-electron chi connectivity index (χ0n) is 11.4. The smallest absolute Gasteiger partial charge is 0.243 e. The van der Waals surface area contributed by atoms with Crippen molar-refractivity contribution in [2.45, 2.75) is 12.3 Å². The number of hydrazone groups is 1. The second-order valence-corrected chi connectivity index (χ2v) is 5.19. The Hall–Kier alpha value is -2.62. The van der Waals surface area contributed by atoms with Crippen LogP contribution in [0.5, 0.6) is 5.75 Å². The molecule has 1 saturated carbocycles. The SMILES string of the molecule is O=C(N/N=C\c1ccc(O)cc1)[C@H]1C[C@@H]1c1ccccc1. The number of nitrogens with one attached hydrogen (secondary N) is 1. The number of benzene rings is 2. The lowest BCUT2D eigenvalue weighted by Gasteiger charge is -2.00. The first-order chi connectivity index (χ1) is 10.2. The summed E-state index contributed by atoms with van der Waals surface area (Å²) >= 11 is 0. The molecule has 2 aromatic carbocycles. The van der Waals surface area contributed by atoms with Crippen LogP contribution in [0.3, 0.4) is 0 Å². The van der Waals surface area contributed by atoms with Crippen LogP contribution in [0.4, 0.5) is 0 Å². The first-order valence-corrected chi connectivity index (χ1v) is 6.91. The Bertz CT molecular complexity index is 650. The van der Waals surface area contributed by atoms with E-state index in [0.717, 1.165) is 12.0 Å². The zero-order valence-corrected chi connectivity index (χ0v) is 11.4. The number of carbonyl (C=O) groups excluding carboxylic acids is 1. The van der Waals surface area contributed by atoms with Crippen LogP contribution in [0.25, 0.3) is 0 Å². The predicted molar refractivity (Wildman–Crippen MR) is 81.1 cm³/mol. The standard InChI is InChI=1S/C17H16N2O2/c20-14-8-6-12(7-9-14)11-18-19-17(21)16-10-15(16)13-4-2-1-3-5-13/h1-9,11,15-16,20H,10H2,(H,19,21)/b18-11-/t15-,16+/m1/s1. The van der Waals surface area contributed by atoms with Gasteiger partial charge in [0, 0.05) is 5.92 Å². The highest BCUT2D eigenvalue weighted by Gasteiger charge is 2.43. The molecule has 0 saturated heterocycles. The Morgan fingerprint density at radius 3 is 2.57 bits per heavy atom. The molecule has 21 heavy (non-hydrogen) atoms. The number of carbonyl (C=O) groups is 1. The third-order valence-electron chi connectivity index (χ3n) is 3.64. The van der Waals surface area contributed by atoms with Crippen LogP contribution < -0.4 is 5.43 Å². The van der Waals surface area contributed by atoms with Crippen LogP contribution in [0.1, 0.15) is 23.5 Å². The van der Waals surface area contributed by atoms with Gasteiger partial charge < -0.3 is 5.11 Å². The molecule has 4 heteroatoms. The normalized spacial score (nSPS) is 20.4. The molecule has 0 aromatic heterocycles. The van der Waals surface area contributed by atoms with Gasteiger partial charge in [-0.05, 0) is 47.7 Å². The van der Waals surface area contributed by atoms with Crippen LogP contribution in [0.2, 0.25) is 0 Å². The summed E-state index contributed by atoms with van der Waals surface area (Å²) in [4.78, 5) is 12.0. The number of rotatable bonds is 4. The summed E-state index contributed by atoms with van der Waals surface area (Å²) in [5.41, 5.74) is 4.61. The molecule has 0 heterocycles. The van der Waals surface area contributed by atoms with Crippen molar-refractivity contribution in [3.05, 3.63) is 65.7 Å². The fourth-order valence-electron chi connectivity index (χ4n) is 2.37. The van der Waals surface area contributed by atoms with E-state index in [-0.39, 0.29) is 17.6 Å². The van der Waals surface area contributed by atoms with Crippen LogP contribution in [0.15, 0.2) is 59.7 Å². The van der Waals surface area contributed by atoms with Gasteiger partial charge in [-0.2, -0.15) is 5.10 Å². The van der Waals surface area contributed by atoms with Gasteiger partial charge in [0.25, 0.3) is 0 Å². The second kappa shape index (κ2) is 5.79. The molecule has 2 atom stereocenters. The van der Waals surface area contributed by atoms with Gasteiger partial charge in [0.05, 0.1) is 6.21 Å². The van der Waals surface area contributed by atoms with Gasteiger partial charge in [-0.15, -0.1) is 0 Å². The van der Waals surface area contributed by atoms with E-state index in [2.05, 4.69) is 22.7 Å². The monoisotopic (exact) mass is 280 g/mol. The van der Waals surface area contributed by atoms with Crippen LogP contribution in [-0.2, 0) is 4.79 Å². The van der Waals surface area contributed by atoms with Gasteiger partial charge in [0.15, 0.2) is 0 Å². The second-order valence-electron chi connectivity index (χ2n) is 5.19. The maximum Gasteiger partial charge on any atom is 0.243 e. The van der Waals surface area contributed by atoms with Crippen LogP contribution in [0, 0.1) is 5.92 Å². The number of nitrogens with zero attached hydrogens (tertiary/aromatic N) is 1. The summed E-state index contributed by atoms with van der Waals surface area (Å²) in [6.07, 6.45) is 2.45. The number of phenolic OH excluding ortho intramolecular Hbond substituents is 1. The lowest BCUT2D eigenvalue weighted by Crippen LogP contribution is -2.20. The van der Waals surface area contributed by atoms with Gasteiger partial charge in [-0.25, -0.2) is 5.43 Å². The number of hydrogen-bond acceptors (Lipinski definition) is 3. The van der Waals surface area contributed by atoms with Crippen molar-refractivity contribution >= 4 is 12.1 Å². The topological polar surface area (TPSA) is 61.7 Å². The van der Waals surface area contributed by atoms with Crippen molar-refractivity contribution in [1.82, 2.24) is 5.43 Å². The number of aromatic hydroxyl groups is 1. The molecule has 0 bridgehead atoms. The van der Waals surface area contributed by atoms with Gasteiger partial charge in [-0.3, -0.25) is 4.79 Å². The van der Waals surface area contributed by atoms with Crippen molar-refractivity contribution in [2.24, 2.45) is 11.0 Å². The van der Waals surface area contributed by atoms with E-state index >= 15 is 0 Å². The molecule has 2 N–H and O–H groups in total. The molecule has 0 aliphatic heterocycles. The molecule has 1 amide bonds. The summed E-state index contributed by atoms with van der Waals surface area (Å²) in [7, 11) is 0. The zero-order chi connectivity index (χ0) is 14.7. The number of hydrogen-bond donors (Lipinski definition) is 2. The van der Waals surface area contributed by atoms with Gasteiger partial charge >= 0.3 is 0 Å². The molecule has 1 aliphatic rings. The average Bonchev–Trinajstić information content (AvgIpc) is 3.31. The molecule has 0 radical (unpaired) electrons. The minimum absolute atomic E-state index is 0.0179. The Labute approximate surface area is 123 Å². The highest BCUT2D eigenvalue weighted by Crippen LogP contribution is 2.47. The Morgan fingerprint density at radius 1 is 1.14 bits per heavy atom. The Kier molecular flexibility index (Phi) is 3.69. The molecule has 3 rings (SSSR count). The van der Waals surface area contributed by atoms with E-state index in [9.17, 15) is 9.90 Å². The summed E-state index contributed by atoms with van der Waals surface area (Å²) in [5.74, 6) is 0.498. The summed E-state index contributed by atoms with van der Waals surface area (Å²) in [6, 6.07) is 16.7. The predicted octanol–water partition coefficient (Wildman–Crippen LogP) is 2.65. The fraction of sp³-hybridized carbons (Fsp3) is 0.176. The van der Waals surface area contributed by atoms with Crippen LogP contribution in [-0.4, -0.2) is 17.2 Å². The third kappa shape index (κ3) is 3.28. The number of amides is 1. The molecule has 0 unspecified atom stereocenters. The third-order valence-corrected chi connectivity index (χ3v) is 3.64. The van der Waals surface area contributed by atoms with Crippen molar-refractivity contribution in [2.75, 3.05) is 0 Å². The van der Waals surface area contributed by atoms with Crippen molar-refractivity contribution in [3.8, 4) is 5.75 Å². The summed E-state index contributed by atoms with van der Waals surface area (Å²) in [6.45, 7) is 0. The van der Waals surface area contributed by atoms with Crippen molar-refractivity contribution < 1.29 is 9.90 Å². The Morgan fingerprint density at radius 2 is 1.86 bits per heavy atom. The molecule has 4 nitrogen and oxygen atoms in total. The van der Waals surface area contributed by atoms with Crippen LogP contribution >= 0.6 is 0 Å². The van der Waals surface area contributed by atoms with E-state index in [4.69, 9.17) is 0 Å². The summed E-state index contributed by atoms with van der Waals surface area (Å²) in [5, 5.41) is 13.1. The maximum absolute atomic E-state index is 12.0. The van der Waals surface area contributed by atoms with Gasteiger partial charge in [0.2, 0.25) is 5.91 Å². The summed E-state index contributed by atoms with van der Waals surface area (Å²) < 4.78 is 0. The minimum atomic E-state index is -0.0427. The van der Waals surface area contributed by atoms with Crippen molar-refractivity contribution in [3.63, 3.8) is 0 Å². The van der Waals surface area contributed by atoms with E-state index in [1.807, 2.05) is 18.2 Å². The molecular weight excluding hydrogens is 264 g/mol. The van der Waals surface area contributed by atoms with Crippen molar-refractivity contribution in [1.29, 1.82) is 0 Å². The van der Waals surface area contributed by atoms with Gasteiger partial charge in [0.1, 0.15) is 5.75 Å². The van der Waals surface area contributed by atoms with E-state index in [0.29, 0.717) is 5.92 Å². The molecule has 2 aromatic rings. The highest BCUT2D eigenvalue weighted by atomic mass is 16.3. The maximum atomic E-state index is 12.0. The number of phenols is 1.